The molecular weight excluding hydrogens is 392 g/mol. The molecule has 3 rings (SSSR count). The maximum absolute atomic E-state index is 4.52. The van der Waals surface area contributed by atoms with E-state index in [0.717, 1.165) is 11.4 Å². The monoisotopic (exact) mass is 430 g/mol. The van der Waals surface area contributed by atoms with Gasteiger partial charge in [0.25, 0.3) is 0 Å². The van der Waals surface area contributed by atoms with Crippen LogP contribution in [0, 0.1) is 30.1 Å². The Morgan fingerprint density at radius 1 is 0.935 bits per heavy atom. The van der Waals surface area contributed by atoms with Crippen LogP contribution in [-0.4, -0.2) is 8.07 Å². The standard InChI is InChI=1S/C28H38N2Si/c1-18(2)22(6)26-16-27(30(7)17-28(26)31(8,9)10)25-12-11-23(13-19(25)3)24-14-20(4)29-21(5)15-24/h11-18,22H,7H2,1-6,8-10H3. The van der Waals surface area contributed by atoms with Crippen molar-refractivity contribution in [1.82, 2.24) is 0 Å². The van der Waals surface area contributed by atoms with Gasteiger partial charge in [-0.25, -0.2) is 0 Å². The van der Waals surface area contributed by atoms with Gasteiger partial charge < -0.3 is 5.32 Å². The molecule has 1 aromatic heterocycles. The highest BCUT2D eigenvalue weighted by molar-refractivity contribution is 6.89. The van der Waals surface area contributed by atoms with Crippen molar-refractivity contribution in [3.8, 4) is 0 Å². The molecule has 0 spiro atoms. The van der Waals surface area contributed by atoms with Crippen LogP contribution in [0.4, 0.5) is 0 Å². The Bertz CT molecular complexity index is 1250. The first-order chi connectivity index (χ1) is 14.4. The highest BCUT2D eigenvalue weighted by Gasteiger charge is 2.27. The first-order valence-corrected chi connectivity index (χ1v) is 14.9. The Balaban J connectivity index is 2.36. The van der Waals surface area contributed by atoms with Crippen LogP contribution in [0.3, 0.4) is 0 Å². The predicted octanol–water partition coefficient (Wildman–Crippen LogP) is 5.86. The highest BCUT2D eigenvalue weighted by atomic mass is 28.3. The molecular formula is C28H38N2Si. The quantitative estimate of drug-likeness (QED) is 0.429. The van der Waals surface area contributed by atoms with Crippen LogP contribution in [0.2, 0.25) is 19.6 Å². The van der Waals surface area contributed by atoms with Crippen LogP contribution in [0.5, 0.6) is 0 Å². The smallest absolute Gasteiger partial charge is 0.217 e. The van der Waals surface area contributed by atoms with Gasteiger partial charge in [-0.2, -0.15) is 15.6 Å². The van der Waals surface area contributed by atoms with E-state index in [2.05, 4.69) is 120 Å². The number of hydrogen-bond donors (Lipinski definition) is 0. The Labute approximate surface area is 189 Å². The maximum Gasteiger partial charge on any atom is 0.217 e. The Morgan fingerprint density at radius 3 is 2.06 bits per heavy atom. The molecule has 0 aliphatic carbocycles. The molecule has 1 aliphatic rings. The van der Waals surface area contributed by atoms with Gasteiger partial charge in [0, 0.05) is 16.5 Å². The average molecular weight is 431 g/mol. The molecule has 0 radical (unpaired) electrons. The first kappa shape index (κ1) is 23.3. The van der Waals surface area contributed by atoms with Gasteiger partial charge in [-0.15, -0.1) is 0 Å². The van der Waals surface area contributed by atoms with Crippen molar-refractivity contribution in [2.75, 3.05) is 0 Å². The van der Waals surface area contributed by atoms with Gasteiger partial charge in [-0.05, 0) is 46.7 Å². The van der Waals surface area contributed by atoms with Crippen molar-refractivity contribution in [3.05, 3.63) is 93.0 Å². The number of aromatic nitrogens is 1. The zero-order valence-corrected chi connectivity index (χ0v) is 21.8. The second kappa shape index (κ2) is 8.62. The van der Waals surface area contributed by atoms with Crippen LogP contribution in [0.25, 0.3) is 10.9 Å². The number of nitrogens with zero attached hydrogens (tertiary/aromatic N) is 2. The van der Waals surface area contributed by atoms with Crippen molar-refractivity contribution in [1.29, 1.82) is 0 Å². The molecule has 1 aromatic carbocycles. The zero-order valence-electron chi connectivity index (χ0n) is 20.8. The lowest BCUT2D eigenvalue weighted by Gasteiger charge is -2.28. The summed E-state index contributed by atoms with van der Waals surface area (Å²) in [6.07, 6.45) is 6.63. The number of rotatable bonds is 3. The maximum atomic E-state index is 4.52. The lowest BCUT2D eigenvalue weighted by Crippen LogP contribution is -2.44. The molecule has 1 atom stereocenters. The highest BCUT2D eigenvalue weighted by Crippen LogP contribution is 2.25. The summed E-state index contributed by atoms with van der Waals surface area (Å²) in [5.74, 6) is 1.12. The van der Waals surface area contributed by atoms with Gasteiger partial charge in [0.15, 0.2) is 6.20 Å². The summed E-state index contributed by atoms with van der Waals surface area (Å²) in [4.78, 5) is 0. The minimum Gasteiger partial charge on any atom is -0.665 e. The molecule has 3 heteroatoms. The molecule has 2 nitrogen and oxygen atoms in total. The largest absolute Gasteiger partial charge is 0.665 e. The summed E-state index contributed by atoms with van der Waals surface area (Å²) in [5, 5.41) is 9.71. The lowest BCUT2D eigenvalue weighted by molar-refractivity contribution is -0.509. The number of allylic oxidation sites excluding steroid dienone is 4. The van der Waals surface area contributed by atoms with Crippen molar-refractivity contribution in [3.63, 3.8) is 0 Å². The predicted molar refractivity (Wildman–Crippen MR) is 136 cm³/mol. The third kappa shape index (κ3) is 4.93. The van der Waals surface area contributed by atoms with E-state index in [1.165, 1.54) is 37.7 Å². The van der Waals surface area contributed by atoms with Gasteiger partial charge in [0.05, 0.1) is 8.07 Å². The van der Waals surface area contributed by atoms with E-state index in [-0.39, 0.29) is 0 Å². The average Bonchev–Trinajstić information content (AvgIpc) is 2.66. The summed E-state index contributed by atoms with van der Waals surface area (Å²) in [5.41, 5.74) is 6.10. The van der Waals surface area contributed by atoms with Crippen LogP contribution in [-0.2, 0) is 0 Å². The molecule has 0 fully saturated rings. The van der Waals surface area contributed by atoms with Gasteiger partial charge in [0.1, 0.15) is 6.72 Å². The van der Waals surface area contributed by atoms with E-state index in [0.29, 0.717) is 11.8 Å². The summed E-state index contributed by atoms with van der Waals surface area (Å²) in [6, 6.07) is 9.19. The van der Waals surface area contributed by atoms with Gasteiger partial charge >= 0.3 is 0 Å². The van der Waals surface area contributed by atoms with Gasteiger partial charge in [0.2, 0.25) is 5.35 Å². The first-order valence-electron chi connectivity index (χ1n) is 11.4. The molecule has 2 aromatic rings. The number of hydrogen-bond acceptors (Lipinski definition) is 0. The third-order valence-electron chi connectivity index (χ3n) is 6.41. The van der Waals surface area contributed by atoms with Gasteiger partial charge in [-0.3, -0.25) is 0 Å². The van der Waals surface area contributed by atoms with Crippen LogP contribution < -0.4 is 14.6 Å². The molecule has 0 bridgehead atoms. The van der Waals surface area contributed by atoms with E-state index >= 15 is 0 Å². The van der Waals surface area contributed by atoms with E-state index in [9.17, 15) is 0 Å². The van der Waals surface area contributed by atoms with Gasteiger partial charge in [-0.1, -0.05) is 78.5 Å². The molecule has 1 aliphatic heterocycles. The second-order valence-corrected chi connectivity index (χ2v) is 15.5. The van der Waals surface area contributed by atoms with E-state index in [1.54, 1.807) is 0 Å². The van der Waals surface area contributed by atoms with E-state index in [1.807, 2.05) is 0 Å². The minimum atomic E-state index is -1.49. The van der Waals surface area contributed by atoms with Crippen molar-refractivity contribution >= 4 is 18.8 Å². The Kier molecular flexibility index (Phi) is 6.47. The van der Waals surface area contributed by atoms with Crippen LogP contribution in [0.15, 0.2) is 54.0 Å². The molecule has 0 N–H and O–H groups in total. The number of aryl methyl sites for hydroxylation is 1. The summed E-state index contributed by atoms with van der Waals surface area (Å²) in [6.45, 7) is 25.0. The van der Waals surface area contributed by atoms with Crippen LogP contribution in [0.1, 0.15) is 51.7 Å². The Hall–Kier alpha value is -2.39. The number of pyridine rings is 1. The fraction of sp³-hybridized carbons (Fsp3) is 0.393. The van der Waals surface area contributed by atoms with E-state index in [4.69, 9.17) is 0 Å². The molecule has 0 amide bonds. The SMILES string of the molecule is C=[n+]1cc([Si](C)(C)C)c(C(C)C(C)C)cc1=c1ccc(=C2C=C(C)[N-]C(C)=C2)cc1C. The Morgan fingerprint density at radius 2 is 1.55 bits per heavy atom. The van der Waals surface area contributed by atoms with Crippen molar-refractivity contribution in [2.45, 2.75) is 67.1 Å². The minimum absolute atomic E-state index is 0.518. The molecule has 164 valence electrons. The second-order valence-electron chi connectivity index (χ2n) is 10.4. The fourth-order valence-corrected chi connectivity index (χ4v) is 6.04. The van der Waals surface area contributed by atoms with Crippen LogP contribution >= 0.6 is 0 Å². The summed E-state index contributed by atoms with van der Waals surface area (Å²) in [7, 11) is -1.49. The molecule has 31 heavy (non-hydrogen) atoms. The third-order valence-corrected chi connectivity index (χ3v) is 8.45. The molecule has 0 saturated heterocycles. The lowest BCUT2D eigenvalue weighted by atomic mass is 9.90. The van der Waals surface area contributed by atoms with Crippen molar-refractivity contribution < 1.29 is 4.24 Å². The summed E-state index contributed by atoms with van der Waals surface area (Å²) < 4.78 is 2.09. The normalized spacial score (nSPS) is 16.6. The van der Waals surface area contributed by atoms with E-state index < -0.39 is 8.07 Å². The zero-order chi connectivity index (χ0) is 23.1. The number of benzene rings is 1. The fourth-order valence-electron chi connectivity index (χ4n) is 4.33. The molecule has 2 heterocycles. The molecule has 0 saturated carbocycles. The topological polar surface area (TPSA) is 20.0 Å². The van der Waals surface area contributed by atoms with Crippen molar-refractivity contribution in [2.24, 2.45) is 5.92 Å². The molecule has 1 unspecified atom stereocenters. The summed E-state index contributed by atoms with van der Waals surface area (Å²) >= 11 is 0.